The quantitative estimate of drug-likeness (QED) is 0.874. The largest absolute Gasteiger partial charge is 0.444 e. The smallest absolute Gasteiger partial charge is 0.410 e. The number of ether oxygens (including phenoxy) is 1. The summed E-state index contributed by atoms with van der Waals surface area (Å²) >= 11 is 0. The van der Waals surface area contributed by atoms with Crippen molar-refractivity contribution in [3.63, 3.8) is 0 Å². The average molecular weight is 366 g/mol. The molecule has 0 spiro atoms. The maximum atomic E-state index is 12.4. The monoisotopic (exact) mass is 366 g/mol. The maximum Gasteiger partial charge on any atom is 0.410 e. The van der Waals surface area contributed by atoms with Gasteiger partial charge >= 0.3 is 6.09 Å². The first-order valence-corrected chi connectivity index (χ1v) is 9.18. The van der Waals surface area contributed by atoms with E-state index in [0.29, 0.717) is 18.7 Å². The molecule has 27 heavy (non-hydrogen) atoms. The van der Waals surface area contributed by atoms with Crippen LogP contribution in [0.15, 0.2) is 48.5 Å². The molecule has 2 aromatic carbocycles. The van der Waals surface area contributed by atoms with Gasteiger partial charge in [-0.3, -0.25) is 9.69 Å². The summed E-state index contributed by atoms with van der Waals surface area (Å²) in [7, 11) is 0. The molecule has 1 aliphatic heterocycles. The van der Waals surface area contributed by atoms with Gasteiger partial charge in [0.2, 0.25) is 0 Å². The van der Waals surface area contributed by atoms with Crippen LogP contribution in [0.3, 0.4) is 0 Å². The Kier molecular flexibility index (Phi) is 5.22. The van der Waals surface area contributed by atoms with Crippen LogP contribution in [0.2, 0.25) is 0 Å². The minimum atomic E-state index is -0.507. The fraction of sp³-hybridized carbons (Fsp3) is 0.364. The SMILES string of the molecule is C[C@@H](NC(=O)c1ccccc1)c1ccc2c(c1)CN(C(=O)OC(C)(C)C)C2. The zero-order valence-electron chi connectivity index (χ0n) is 16.3. The van der Waals surface area contributed by atoms with Crippen LogP contribution < -0.4 is 5.32 Å². The molecule has 5 nitrogen and oxygen atoms in total. The Balaban J connectivity index is 1.67. The first-order chi connectivity index (χ1) is 12.7. The molecule has 0 aliphatic carbocycles. The third-order valence-electron chi connectivity index (χ3n) is 4.49. The minimum absolute atomic E-state index is 0.0982. The van der Waals surface area contributed by atoms with E-state index < -0.39 is 5.60 Å². The summed E-state index contributed by atoms with van der Waals surface area (Å²) in [5, 5.41) is 3.02. The van der Waals surface area contributed by atoms with E-state index in [9.17, 15) is 9.59 Å². The molecule has 2 amide bonds. The zero-order valence-corrected chi connectivity index (χ0v) is 16.3. The molecule has 0 fully saturated rings. The standard InChI is InChI=1S/C22H26N2O3/c1-15(23-20(25)16-8-6-5-7-9-16)17-10-11-18-13-24(14-19(18)12-17)21(26)27-22(2,3)4/h5-12,15H,13-14H2,1-4H3,(H,23,25)/t15-/m1/s1. The molecule has 0 unspecified atom stereocenters. The highest BCUT2D eigenvalue weighted by molar-refractivity contribution is 5.94. The molecule has 5 heteroatoms. The summed E-state index contributed by atoms with van der Waals surface area (Å²) in [4.78, 5) is 26.4. The third kappa shape index (κ3) is 4.67. The van der Waals surface area contributed by atoms with E-state index in [0.717, 1.165) is 16.7 Å². The minimum Gasteiger partial charge on any atom is -0.444 e. The molecular weight excluding hydrogens is 340 g/mol. The third-order valence-corrected chi connectivity index (χ3v) is 4.49. The van der Waals surface area contributed by atoms with E-state index in [1.165, 1.54) is 0 Å². The van der Waals surface area contributed by atoms with Gasteiger partial charge in [0.15, 0.2) is 0 Å². The highest BCUT2D eigenvalue weighted by Crippen LogP contribution is 2.27. The van der Waals surface area contributed by atoms with Gasteiger partial charge in [-0.15, -0.1) is 0 Å². The molecule has 3 rings (SSSR count). The van der Waals surface area contributed by atoms with E-state index in [2.05, 4.69) is 11.4 Å². The van der Waals surface area contributed by atoms with E-state index in [1.807, 2.05) is 58.0 Å². The molecule has 142 valence electrons. The molecule has 0 aromatic heterocycles. The van der Waals surface area contributed by atoms with Gasteiger partial charge in [0.25, 0.3) is 5.91 Å². The lowest BCUT2D eigenvalue weighted by atomic mass is 10.0. The Morgan fingerprint density at radius 1 is 1.04 bits per heavy atom. The van der Waals surface area contributed by atoms with E-state index in [-0.39, 0.29) is 18.0 Å². The second-order valence-corrected chi connectivity index (χ2v) is 7.93. The Labute approximate surface area is 160 Å². The number of hydrogen-bond donors (Lipinski definition) is 1. The lowest BCUT2D eigenvalue weighted by molar-refractivity contribution is 0.0241. The highest BCUT2D eigenvalue weighted by atomic mass is 16.6. The summed E-state index contributed by atoms with van der Waals surface area (Å²) < 4.78 is 5.46. The van der Waals surface area contributed by atoms with E-state index in [4.69, 9.17) is 4.74 Å². The second-order valence-electron chi connectivity index (χ2n) is 7.93. The van der Waals surface area contributed by atoms with Crippen molar-refractivity contribution in [1.29, 1.82) is 0 Å². The number of carbonyl (C=O) groups is 2. The number of fused-ring (bicyclic) bond motifs is 1. The van der Waals surface area contributed by atoms with Crippen molar-refractivity contribution in [1.82, 2.24) is 10.2 Å². The first kappa shape index (κ1) is 19.0. The zero-order chi connectivity index (χ0) is 19.6. The predicted molar refractivity (Wildman–Crippen MR) is 104 cm³/mol. The van der Waals surface area contributed by atoms with E-state index in [1.54, 1.807) is 17.0 Å². The van der Waals surface area contributed by atoms with Crippen LogP contribution in [-0.4, -0.2) is 22.5 Å². The molecule has 0 saturated carbocycles. The van der Waals surface area contributed by atoms with Crippen LogP contribution in [0, 0.1) is 0 Å². The van der Waals surface area contributed by atoms with Crippen LogP contribution >= 0.6 is 0 Å². The Morgan fingerprint density at radius 2 is 1.70 bits per heavy atom. The molecule has 1 atom stereocenters. The highest BCUT2D eigenvalue weighted by Gasteiger charge is 2.28. The van der Waals surface area contributed by atoms with Crippen molar-refractivity contribution in [2.75, 3.05) is 0 Å². The van der Waals surface area contributed by atoms with Gasteiger partial charge in [0, 0.05) is 18.7 Å². The van der Waals surface area contributed by atoms with Crippen LogP contribution in [0.5, 0.6) is 0 Å². The van der Waals surface area contributed by atoms with Gasteiger partial charge in [0.05, 0.1) is 6.04 Å². The Hall–Kier alpha value is -2.82. The number of benzene rings is 2. The molecule has 1 N–H and O–H groups in total. The number of rotatable bonds is 3. The molecule has 0 bridgehead atoms. The molecule has 0 saturated heterocycles. The lowest BCUT2D eigenvalue weighted by Gasteiger charge is -2.24. The van der Waals surface area contributed by atoms with E-state index >= 15 is 0 Å². The van der Waals surface area contributed by atoms with Gasteiger partial charge in [-0.1, -0.05) is 36.4 Å². The summed E-state index contributed by atoms with van der Waals surface area (Å²) in [6, 6.07) is 15.1. The molecule has 2 aromatic rings. The lowest BCUT2D eigenvalue weighted by Crippen LogP contribution is -2.33. The van der Waals surface area contributed by atoms with Crippen LogP contribution in [0.1, 0.15) is 60.8 Å². The fourth-order valence-electron chi connectivity index (χ4n) is 3.09. The molecule has 0 radical (unpaired) electrons. The van der Waals surface area contributed by atoms with Crippen molar-refractivity contribution < 1.29 is 14.3 Å². The van der Waals surface area contributed by atoms with Gasteiger partial charge < -0.3 is 10.1 Å². The van der Waals surface area contributed by atoms with Gasteiger partial charge in [-0.2, -0.15) is 0 Å². The second kappa shape index (κ2) is 7.43. The number of amides is 2. The summed E-state index contributed by atoms with van der Waals surface area (Å²) in [6.45, 7) is 8.63. The number of hydrogen-bond acceptors (Lipinski definition) is 3. The molecular formula is C22H26N2O3. The Morgan fingerprint density at radius 3 is 2.37 bits per heavy atom. The first-order valence-electron chi connectivity index (χ1n) is 9.18. The van der Waals surface area contributed by atoms with Crippen molar-refractivity contribution in [2.45, 2.75) is 52.4 Å². The predicted octanol–water partition coefficient (Wildman–Crippen LogP) is 4.43. The maximum absolute atomic E-state index is 12.4. The van der Waals surface area contributed by atoms with Crippen molar-refractivity contribution in [3.05, 3.63) is 70.8 Å². The van der Waals surface area contributed by atoms with Crippen molar-refractivity contribution in [3.8, 4) is 0 Å². The summed E-state index contributed by atoms with van der Waals surface area (Å²) in [5.41, 5.74) is 3.36. The van der Waals surface area contributed by atoms with Crippen LogP contribution in [0.4, 0.5) is 4.79 Å². The molecule has 1 heterocycles. The average Bonchev–Trinajstić information content (AvgIpc) is 3.04. The number of carbonyl (C=O) groups excluding carboxylic acids is 2. The summed E-state index contributed by atoms with van der Waals surface area (Å²) in [6.07, 6.45) is -0.300. The Bertz CT molecular complexity index is 840. The van der Waals surface area contributed by atoms with Crippen LogP contribution in [0.25, 0.3) is 0 Å². The van der Waals surface area contributed by atoms with Gasteiger partial charge in [0.1, 0.15) is 5.60 Å². The van der Waals surface area contributed by atoms with Gasteiger partial charge in [-0.05, 0) is 56.5 Å². The summed E-state index contributed by atoms with van der Waals surface area (Å²) in [5.74, 6) is -0.0982. The molecule has 1 aliphatic rings. The normalized spacial score (nSPS) is 14.4. The van der Waals surface area contributed by atoms with Gasteiger partial charge in [-0.25, -0.2) is 4.79 Å². The van der Waals surface area contributed by atoms with Crippen LogP contribution in [-0.2, 0) is 17.8 Å². The number of nitrogens with one attached hydrogen (secondary N) is 1. The fourth-order valence-corrected chi connectivity index (χ4v) is 3.09. The van der Waals surface area contributed by atoms with Crippen molar-refractivity contribution in [2.24, 2.45) is 0 Å². The number of nitrogens with zero attached hydrogens (tertiary/aromatic N) is 1. The van der Waals surface area contributed by atoms with Crippen molar-refractivity contribution >= 4 is 12.0 Å². The topological polar surface area (TPSA) is 58.6 Å².